The molecule has 4 rings (SSSR count). The molecule has 1 saturated heterocycles. The quantitative estimate of drug-likeness (QED) is 0.667. The Bertz CT molecular complexity index is 910. The molecule has 0 radical (unpaired) electrons. The molecular weight excluding hydrogens is 334 g/mol. The lowest BCUT2D eigenvalue weighted by Gasteiger charge is -2.22. The second-order valence-corrected chi connectivity index (χ2v) is 7.44. The molecule has 3 aromatic rings. The predicted molar refractivity (Wildman–Crippen MR) is 110 cm³/mol. The maximum atomic E-state index is 13.2. The van der Waals surface area contributed by atoms with E-state index in [0.29, 0.717) is 6.54 Å². The normalized spacial score (nSPS) is 14.7. The maximum absolute atomic E-state index is 13.2. The summed E-state index contributed by atoms with van der Waals surface area (Å²) in [6.07, 6.45) is 2.56. The smallest absolute Gasteiger partial charge is 0.270 e. The van der Waals surface area contributed by atoms with Gasteiger partial charge >= 0.3 is 0 Å². The Hall–Kier alpha value is -2.59. The minimum absolute atomic E-state index is 0.0985. The van der Waals surface area contributed by atoms with Crippen molar-refractivity contribution in [2.45, 2.75) is 19.4 Å². The molecule has 140 valence electrons. The number of rotatable bonds is 6. The van der Waals surface area contributed by atoms with Crippen molar-refractivity contribution in [3.63, 3.8) is 0 Å². The van der Waals surface area contributed by atoms with Crippen molar-refractivity contribution in [2.24, 2.45) is 0 Å². The first-order valence-electron chi connectivity index (χ1n) is 9.82. The Morgan fingerprint density at radius 3 is 2.48 bits per heavy atom. The van der Waals surface area contributed by atoms with Crippen LogP contribution in [0.15, 0.2) is 60.7 Å². The topological polar surface area (TPSA) is 28.5 Å². The molecule has 1 aliphatic rings. The molecule has 1 aliphatic heterocycles. The Kier molecular flexibility index (Phi) is 5.26. The van der Waals surface area contributed by atoms with Crippen LogP contribution in [0.25, 0.3) is 10.9 Å². The van der Waals surface area contributed by atoms with Gasteiger partial charge in [0.15, 0.2) is 0 Å². The van der Waals surface area contributed by atoms with E-state index < -0.39 is 0 Å². The van der Waals surface area contributed by atoms with Gasteiger partial charge in [0, 0.05) is 37.6 Å². The molecule has 2 heterocycles. The number of carbonyl (C=O) groups is 1. The van der Waals surface area contributed by atoms with Gasteiger partial charge in [0.05, 0.1) is 0 Å². The number of hydrogen-bond donors (Lipinski definition) is 0. The molecule has 0 atom stereocenters. The molecule has 0 aliphatic carbocycles. The first kappa shape index (κ1) is 17.8. The molecule has 4 heteroatoms. The van der Waals surface area contributed by atoms with E-state index in [1.807, 2.05) is 48.3 Å². The third-order valence-corrected chi connectivity index (χ3v) is 5.51. The van der Waals surface area contributed by atoms with Crippen LogP contribution in [-0.2, 0) is 6.54 Å². The average molecular weight is 361 g/mol. The molecule has 2 aromatic carbocycles. The van der Waals surface area contributed by atoms with E-state index in [4.69, 9.17) is 0 Å². The average Bonchev–Trinajstić information content (AvgIpc) is 3.35. The fourth-order valence-corrected chi connectivity index (χ4v) is 3.92. The van der Waals surface area contributed by atoms with Gasteiger partial charge in [0.2, 0.25) is 0 Å². The van der Waals surface area contributed by atoms with Crippen molar-refractivity contribution in [3.8, 4) is 0 Å². The number of benzene rings is 2. The third-order valence-electron chi connectivity index (χ3n) is 5.51. The molecule has 4 nitrogen and oxygen atoms in total. The van der Waals surface area contributed by atoms with Gasteiger partial charge in [-0.1, -0.05) is 48.5 Å². The second kappa shape index (κ2) is 7.97. The first-order chi connectivity index (χ1) is 13.2. The highest BCUT2D eigenvalue weighted by Gasteiger charge is 2.20. The van der Waals surface area contributed by atoms with Crippen LogP contribution >= 0.6 is 0 Å². The van der Waals surface area contributed by atoms with Crippen molar-refractivity contribution >= 4 is 16.8 Å². The number of fused-ring (bicyclic) bond motifs is 1. The standard InChI is InChI=1S/C23H27N3O/c1-24(15-16-25-13-7-8-14-25)23(27)22-17-20-11-5-6-12-21(20)26(22)18-19-9-3-2-4-10-19/h2-6,9-12,17H,7-8,13-16,18H2,1H3. The fourth-order valence-electron chi connectivity index (χ4n) is 3.92. The SMILES string of the molecule is CN(CCN1CCCC1)C(=O)c1cc2ccccc2n1Cc1ccccc1. The van der Waals surface area contributed by atoms with Crippen molar-refractivity contribution in [1.29, 1.82) is 0 Å². The zero-order chi connectivity index (χ0) is 18.6. The van der Waals surface area contributed by atoms with E-state index in [0.717, 1.165) is 42.8 Å². The van der Waals surface area contributed by atoms with Crippen LogP contribution in [0.1, 0.15) is 28.9 Å². The Balaban J connectivity index is 1.59. The van der Waals surface area contributed by atoms with Gasteiger partial charge in [-0.05, 0) is 43.6 Å². The number of amides is 1. The zero-order valence-electron chi connectivity index (χ0n) is 16.0. The largest absolute Gasteiger partial charge is 0.339 e. The lowest BCUT2D eigenvalue weighted by atomic mass is 10.2. The van der Waals surface area contributed by atoms with Crippen molar-refractivity contribution in [2.75, 3.05) is 33.2 Å². The molecule has 0 spiro atoms. The number of nitrogens with zero attached hydrogens (tertiary/aromatic N) is 3. The molecule has 1 aromatic heterocycles. The Morgan fingerprint density at radius 2 is 1.70 bits per heavy atom. The summed E-state index contributed by atoms with van der Waals surface area (Å²) < 4.78 is 2.15. The van der Waals surface area contributed by atoms with Gasteiger partial charge in [-0.2, -0.15) is 0 Å². The summed E-state index contributed by atoms with van der Waals surface area (Å²) >= 11 is 0. The number of likely N-dealkylation sites (N-methyl/N-ethyl adjacent to an activating group) is 1. The van der Waals surface area contributed by atoms with E-state index >= 15 is 0 Å². The van der Waals surface area contributed by atoms with Crippen molar-refractivity contribution in [3.05, 3.63) is 71.9 Å². The van der Waals surface area contributed by atoms with Crippen molar-refractivity contribution < 1.29 is 4.79 Å². The number of hydrogen-bond acceptors (Lipinski definition) is 2. The summed E-state index contributed by atoms with van der Waals surface area (Å²) in [7, 11) is 1.92. The van der Waals surface area contributed by atoms with Gasteiger partial charge in [-0.15, -0.1) is 0 Å². The van der Waals surface area contributed by atoms with Gasteiger partial charge in [0.1, 0.15) is 5.69 Å². The predicted octanol–water partition coefficient (Wildman–Crippen LogP) is 3.86. The van der Waals surface area contributed by atoms with Gasteiger partial charge in [0.25, 0.3) is 5.91 Å². The lowest BCUT2D eigenvalue weighted by Crippen LogP contribution is -2.36. The van der Waals surface area contributed by atoms with E-state index in [1.165, 1.54) is 18.4 Å². The molecule has 1 amide bonds. The van der Waals surface area contributed by atoms with E-state index in [-0.39, 0.29) is 5.91 Å². The zero-order valence-corrected chi connectivity index (χ0v) is 16.0. The van der Waals surface area contributed by atoms with E-state index in [1.54, 1.807) is 0 Å². The molecule has 0 saturated carbocycles. The molecule has 0 unspecified atom stereocenters. The summed E-state index contributed by atoms with van der Waals surface area (Å²) in [5, 5.41) is 1.12. The lowest BCUT2D eigenvalue weighted by molar-refractivity contribution is 0.0772. The number of para-hydroxylation sites is 1. The van der Waals surface area contributed by atoms with E-state index in [9.17, 15) is 4.79 Å². The third kappa shape index (κ3) is 3.91. The van der Waals surface area contributed by atoms with Crippen LogP contribution < -0.4 is 0 Å². The van der Waals surface area contributed by atoms with Crippen molar-refractivity contribution in [1.82, 2.24) is 14.4 Å². The molecule has 0 bridgehead atoms. The molecule has 27 heavy (non-hydrogen) atoms. The highest BCUT2D eigenvalue weighted by molar-refractivity contribution is 5.98. The molecular formula is C23H27N3O. The van der Waals surface area contributed by atoms with Crippen LogP contribution in [0.5, 0.6) is 0 Å². The van der Waals surface area contributed by atoms with Crippen LogP contribution in [0.2, 0.25) is 0 Å². The highest BCUT2D eigenvalue weighted by atomic mass is 16.2. The van der Waals surface area contributed by atoms with Crippen LogP contribution in [0.3, 0.4) is 0 Å². The molecule has 1 fully saturated rings. The van der Waals surface area contributed by atoms with Gasteiger partial charge in [-0.3, -0.25) is 4.79 Å². The Morgan fingerprint density at radius 1 is 1.00 bits per heavy atom. The summed E-state index contributed by atoms with van der Waals surface area (Å²) in [6.45, 7) is 4.76. The van der Waals surface area contributed by atoms with Crippen LogP contribution in [0.4, 0.5) is 0 Å². The monoisotopic (exact) mass is 361 g/mol. The summed E-state index contributed by atoms with van der Waals surface area (Å²) in [5.74, 6) is 0.0985. The highest BCUT2D eigenvalue weighted by Crippen LogP contribution is 2.22. The summed E-state index contributed by atoms with van der Waals surface area (Å²) in [5.41, 5.74) is 3.08. The minimum Gasteiger partial charge on any atom is -0.339 e. The Labute approximate surface area is 161 Å². The summed E-state index contributed by atoms with van der Waals surface area (Å²) in [4.78, 5) is 17.5. The van der Waals surface area contributed by atoms with Gasteiger partial charge in [-0.25, -0.2) is 0 Å². The minimum atomic E-state index is 0.0985. The van der Waals surface area contributed by atoms with Gasteiger partial charge < -0.3 is 14.4 Å². The molecule has 0 N–H and O–H groups in total. The van der Waals surface area contributed by atoms with E-state index in [2.05, 4.69) is 33.7 Å². The van der Waals surface area contributed by atoms with Crippen LogP contribution in [0, 0.1) is 0 Å². The number of carbonyl (C=O) groups excluding carboxylic acids is 1. The summed E-state index contributed by atoms with van der Waals surface area (Å²) in [6, 6.07) is 20.6. The second-order valence-electron chi connectivity index (χ2n) is 7.44. The number of aromatic nitrogens is 1. The van der Waals surface area contributed by atoms with Crippen LogP contribution in [-0.4, -0.2) is 53.5 Å². The first-order valence-corrected chi connectivity index (χ1v) is 9.82. The number of likely N-dealkylation sites (tertiary alicyclic amines) is 1. The maximum Gasteiger partial charge on any atom is 0.270 e. The fraction of sp³-hybridized carbons (Fsp3) is 0.348.